The van der Waals surface area contributed by atoms with E-state index in [1.165, 1.54) is 9.75 Å². The van der Waals surface area contributed by atoms with E-state index in [0.29, 0.717) is 6.04 Å². The molecule has 0 saturated heterocycles. The van der Waals surface area contributed by atoms with E-state index in [1.54, 1.807) is 7.11 Å². The van der Waals surface area contributed by atoms with Gasteiger partial charge in [-0.3, -0.25) is 0 Å². The van der Waals surface area contributed by atoms with Gasteiger partial charge in [-0.25, -0.2) is 0 Å². The Balaban J connectivity index is 2.30. The smallest absolute Gasteiger partial charge is 0.0613 e. The predicted octanol–water partition coefficient (Wildman–Crippen LogP) is 2.44. The van der Waals surface area contributed by atoms with Gasteiger partial charge in [0.25, 0.3) is 0 Å². The van der Waals surface area contributed by atoms with Crippen molar-refractivity contribution in [1.82, 2.24) is 5.32 Å². The molecule has 0 aliphatic carbocycles. The Labute approximate surface area is 90.3 Å². The number of hydrogen-bond acceptors (Lipinski definition) is 3. The maximum Gasteiger partial charge on any atom is 0.0613 e. The fourth-order valence-electron chi connectivity index (χ4n) is 1.29. The summed E-state index contributed by atoms with van der Waals surface area (Å²) in [5.41, 5.74) is 0. The van der Waals surface area contributed by atoms with Crippen LogP contribution in [-0.2, 0) is 17.7 Å². The van der Waals surface area contributed by atoms with Gasteiger partial charge in [-0.05, 0) is 25.5 Å². The summed E-state index contributed by atoms with van der Waals surface area (Å²) < 4.78 is 5.06. The Hall–Kier alpha value is -0.380. The molecule has 0 aliphatic rings. The molecule has 1 heterocycles. The maximum atomic E-state index is 5.06. The van der Waals surface area contributed by atoms with Crippen LogP contribution in [0.2, 0.25) is 0 Å². The SMILES string of the molecule is CCc1ccc(CNC(C)COC)s1. The zero-order valence-corrected chi connectivity index (χ0v) is 9.99. The summed E-state index contributed by atoms with van der Waals surface area (Å²) in [4.78, 5) is 2.87. The first-order valence-electron chi connectivity index (χ1n) is 5.06. The highest BCUT2D eigenvalue weighted by Gasteiger charge is 2.02. The van der Waals surface area contributed by atoms with Crippen LogP contribution in [0.5, 0.6) is 0 Å². The first-order valence-corrected chi connectivity index (χ1v) is 5.87. The van der Waals surface area contributed by atoms with Crippen LogP contribution in [0.15, 0.2) is 12.1 Å². The molecule has 0 aliphatic heterocycles. The molecule has 0 radical (unpaired) electrons. The molecule has 1 N–H and O–H groups in total. The Bertz CT molecular complexity index is 260. The fraction of sp³-hybridized carbons (Fsp3) is 0.636. The van der Waals surface area contributed by atoms with Crippen molar-refractivity contribution >= 4 is 11.3 Å². The largest absolute Gasteiger partial charge is 0.383 e. The third-order valence-corrected chi connectivity index (χ3v) is 3.34. The molecule has 80 valence electrons. The summed E-state index contributed by atoms with van der Waals surface area (Å²) in [5.74, 6) is 0. The van der Waals surface area contributed by atoms with Gasteiger partial charge in [0.05, 0.1) is 6.61 Å². The van der Waals surface area contributed by atoms with Gasteiger partial charge in [-0.2, -0.15) is 0 Å². The number of aryl methyl sites for hydroxylation is 1. The molecule has 0 spiro atoms. The van der Waals surface area contributed by atoms with E-state index in [9.17, 15) is 0 Å². The molecule has 1 atom stereocenters. The summed E-state index contributed by atoms with van der Waals surface area (Å²) in [5, 5.41) is 3.42. The Morgan fingerprint density at radius 3 is 2.71 bits per heavy atom. The minimum absolute atomic E-state index is 0.423. The average molecular weight is 213 g/mol. The quantitative estimate of drug-likeness (QED) is 0.783. The van der Waals surface area contributed by atoms with E-state index >= 15 is 0 Å². The molecule has 0 saturated carbocycles. The van der Waals surface area contributed by atoms with Crippen molar-refractivity contribution in [1.29, 1.82) is 0 Å². The lowest BCUT2D eigenvalue weighted by atomic mass is 10.3. The van der Waals surface area contributed by atoms with E-state index < -0.39 is 0 Å². The third kappa shape index (κ3) is 3.78. The monoisotopic (exact) mass is 213 g/mol. The van der Waals surface area contributed by atoms with Crippen molar-refractivity contribution in [3.05, 3.63) is 21.9 Å². The highest BCUT2D eigenvalue weighted by atomic mass is 32.1. The van der Waals surface area contributed by atoms with Crippen molar-refractivity contribution in [3.63, 3.8) is 0 Å². The van der Waals surface area contributed by atoms with Crippen molar-refractivity contribution < 1.29 is 4.74 Å². The molecule has 1 aromatic heterocycles. The minimum atomic E-state index is 0.423. The van der Waals surface area contributed by atoms with Gasteiger partial charge in [0.1, 0.15) is 0 Å². The summed E-state index contributed by atoms with van der Waals surface area (Å²) in [6.07, 6.45) is 1.14. The lowest BCUT2D eigenvalue weighted by Gasteiger charge is -2.11. The lowest BCUT2D eigenvalue weighted by Crippen LogP contribution is -2.29. The summed E-state index contributed by atoms with van der Waals surface area (Å²) in [7, 11) is 1.73. The van der Waals surface area contributed by atoms with E-state index in [0.717, 1.165) is 19.6 Å². The van der Waals surface area contributed by atoms with Crippen LogP contribution in [0.1, 0.15) is 23.6 Å². The molecule has 1 rings (SSSR count). The highest BCUT2D eigenvalue weighted by molar-refractivity contribution is 7.11. The van der Waals surface area contributed by atoms with Crippen molar-refractivity contribution in [3.8, 4) is 0 Å². The van der Waals surface area contributed by atoms with Gasteiger partial charge in [0.15, 0.2) is 0 Å². The van der Waals surface area contributed by atoms with Crippen LogP contribution in [0.3, 0.4) is 0 Å². The molecular formula is C11H19NOS. The van der Waals surface area contributed by atoms with Crippen LogP contribution in [0, 0.1) is 0 Å². The van der Waals surface area contributed by atoms with Crippen molar-refractivity contribution in [2.75, 3.05) is 13.7 Å². The van der Waals surface area contributed by atoms with Crippen LogP contribution >= 0.6 is 11.3 Å². The van der Waals surface area contributed by atoms with Crippen LogP contribution in [0.4, 0.5) is 0 Å². The standard InChI is InChI=1S/C11H19NOS/c1-4-10-5-6-11(14-10)7-12-9(2)8-13-3/h5-6,9,12H,4,7-8H2,1-3H3. The first kappa shape index (κ1) is 11.7. The fourth-order valence-corrected chi connectivity index (χ4v) is 2.20. The van der Waals surface area contributed by atoms with Crippen LogP contribution in [-0.4, -0.2) is 19.8 Å². The van der Waals surface area contributed by atoms with Gasteiger partial charge in [0, 0.05) is 29.5 Å². The Morgan fingerprint density at radius 1 is 1.43 bits per heavy atom. The lowest BCUT2D eigenvalue weighted by molar-refractivity contribution is 0.172. The topological polar surface area (TPSA) is 21.3 Å². The minimum Gasteiger partial charge on any atom is -0.383 e. The van der Waals surface area contributed by atoms with E-state index in [2.05, 4.69) is 31.3 Å². The molecule has 0 bridgehead atoms. The average Bonchev–Trinajstić information content (AvgIpc) is 2.63. The molecule has 1 aromatic rings. The maximum absolute atomic E-state index is 5.06. The van der Waals surface area contributed by atoms with Crippen LogP contribution in [0.25, 0.3) is 0 Å². The zero-order valence-electron chi connectivity index (χ0n) is 9.17. The van der Waals surface area contributed by atoms with Crippen LogP contribution < -0.4 is 5.32 Å². The number of nitrogens with one attached hydrogen (secondary N) is 1. The first-order chi connectivity index (χ1) is 6.76. The van der Waals surface area contributed by atoms with Gasteiger partial charge in [0.2, 0.25) is 0 Å². The van der Waals surface area contributed by atoms with Gasteiger partial charge in [-0.15, -0.1) is 11.3 Å². The molecule has 3 heteroatoms. The number of thiophene rings is 1. The molecule has 14 heavy (non-hydrogen) atoms. The molecule has 0 fully saturated rings. The number of ether oxygens (including phenoxy) is 1. The normalized spacial score (nSPS) is 13.1. The summed E-state index contributed by atoms with van der Waals surface area (Å²) in [6.45, 7) is 6.05. The molecule has 0 aromatic carbocycles. The second-order valence-electron chi connectivity index (χ2n) is 3.46. The van der Waals surface area contributed by atoms with E-state index in [1.807, 2.05) is 11.3 Å². The second-order valence-corrected chi connectivity index (χ2v) is 4.71. The predicted molar refractivity (Wildman–Crippen MR) is 61.9 cm³/mol. The van der Waals surface area contributed by atoms with Gasteiger partial charge < -0.3 is 10.1 Å². The highest BCUT2D eigenvalue weighted by Crippen LogP contribution is 2.16. The summed E-state index contributed by atoms with van der Waals surface area (Å²) >= 11 is 1.89. The number of hydrogen-bond donors (Lipinski definition) is 1. The second kappa shape index (κ2) is 6.17. The Kier molecular flexibility index (Phi) is 5.15. The van der Waals surface area contributed by atoms with E-state index in [-0.39, 0.29) is 0 Å². The third-order valence-electron chi connectivity index (χ3n) is 2.11. The van der Waals surface area contributed by atoms with Gasteiger partial charge in [-0.1, -0.05) is 6.92 Å². The zero-order chi connectivity index (χ0) is 10.4. The molecule has 0 amide bonds. The molecule has 2 nitrogen and oxygen atoms in total. The molecule has 1 unspecified atom stereocenters. The number of rotatable bonds is 6. The summed E-state index contributed by atoms with van der Waals surface area (Å²) in [6, 6.07) is 4.84. The van der Waals surface area contributed by atoms with Crippen molar-refractivity contribution in [2.24, 2.45) is 0 Å². The Morgan fingerprint density at radius 2 is 2.14 bits per heavy atom. The molecular weight excluding hydrogens is 194 g/mol. The van der Waals surface area contributed by atoms with Crippen molar-refractivity contribution in [2.45, 2.75) is 32.9 Å². The number of methoxy groups -OCH3 is 1. The van der Waals surface area contributed by atoms with Gasteiger partial charge >= 0.3 is 0 Å². The van der Waals surface area contributed by atoms with E-state index in [4.69, 9.17) is 4.74 Å².